The van der Waals surface area contributed by atoms with E-state index in [1.807, 2.05) is 0 Å². The number of amides is 2. The van der Waals surface area contributed by atoms with Gasteiger partial charge in [0.05, 0.1) is 12.1 Å². The molecule has 0 saturated carbocycles. The summed E-state index contributed by atoms with van der Waals surface area (Å²) in [5, 5.41) is 17.9. The van der Waals surface area contributed by atoms with Crippen molar-refractivity contribution >= 4 is 18.5 Å². The highest BCUT2D eigenvalue weighted by atomic mass is 16.4. The minimum absolute atomic E-state index is 0.163. The van der Waals surface area contributed by atoms with E-state index in [4.69, 9.17) is 10.2 Å². The second-order valence-electron chi connectivity index (χ2n) is 4.05. The molecule has 7 nitrogen and oxygen atoms in total. The largest absolute Gasteiger partial charge is 0.465 e. The molecule has 0 aliphatic carbocycles. The third-order valence-corrected chi connectivity index (χ3v) is 3.32. The molecule has 2 amide bonds. The Kier molecular flexibility index (Phi) is 2.45. The highest BCUT2D eigenvalue weighted by molar-refractivity contribution is 5.76. The van der Waals surface area contributed by atoms with Gasteiger partial charge >= 0.3 is 12.2 Å². The molecule has 0 aromatic rings. The van der Waals surface area contributed by atoms with Crippen LogP contribution in [0.15, 0.2) is 0 Å². The molecule has 3 rings (SSSR count). The first-order valence-corrected chi connectivity index (χ1v) is 5.02. The fraction of sp³-hybridized carbons (Fsp3) is 0.667. The van der Waals surface area contributed by atoms with Gasteiger partial charge in [-0.15, -0.1) is 0 Å². The topological polar surface area (TPSA) is 98.2 Å². The van der Waals surface area contributed by atoms with Gasteiger partial charge < -0.3 is 19.9 Å². The summed E-state index contributed by atoms with van der Waals surface area (Å²) in [5.74, 6) is 0. The van der Waals surface area contributed by atoms with Gasteiger partial charge in [-0.2, -0.15) is 0 Å². The molecule has 3 aliphatic heterocycles. The Hall–Kier alpha value is -1.79. The molecule has 3 fully saturated rings. The molecule has 3 aliphatic rings. The molecular formula is C9H12N2O5. The Morgan fingerprint density at radius 2 is 1.88 bits per heavy atom. The van der Waals surface area contributed by atoms with Crippen molar-refractivity contribution < 1.29 is 24.6 Å². The molecule has 3 atom stereocenters. The number of nitrogens with zero attached hydrogens (tertiary/aromatic N) is 2. The average Bonchev–Trinajstić information content (AvgIpc) is 2.27. The SMILES string of the molecule is O=CC1C2CCC(CN2C(=O)O)N1C(=O)O. The number of piperazine rings is 1. The molecular weight excluding hydrogens is 216 g/mol. The molecule has 0 aromatic carbocycles. The maximum Gasteiger partial charge on any atom is 0.408 e. The van der Waals surface area contributed by atoms with E-state index in [0.29, 0.717) is 19.1 Å². The van der Waals surface area contributed by atoms with Crippen LogP contribution in [0.4, 0.5) is 9.59 Å². The number of hydrogen-bond acceptors (Lipinski definition) is 3. The summed E-state index contributed by atoms with van der Waals surface area (Å²) in [6.45, 7) is 0.163. The molecule has 3 saturated heterocycles. The van der Waals surface area contributed by atoms with Crippen LogP contribution in [0, 0.1) is 0 Å². The smallest absolute Gasteiger partial charge is 0.408 e. The molecule has 3 unspecified atom stereocenters. The molecule has 16 heavy (non-hydrogen) atoms. The summed E-state index contributed by atoms with van der Waals surface area (Å²) in [5.41, 5.74) is 0. The zero-order valence-corrected chi connectivity index (χ0v) is 8.44. The summed E-state index contributed by atoms with van der Waals surface area (Å²) in [4.78, 5) is 35.1. The van der Waals surface area contributed by atoms with Crippen molar-refractivity contribution in [2.75, 3.05) is 6.54 Å². The zero-order chi connectivity index (χ0) is 11.9. The molecule has 0 radical (unpaired) electrons. The van der Waals surface area contributed by atoms with E-state index in [9.17, 15) is 14.4 Å². The van der Waals surface area contributed by atoms with Gasteiger partial charge in [0.1, 0.15) is 12.3 Å². The van der Waals surface area contributed by atoms with Crippen molar-refractivity contribution in [3.8, 4) is 0 Å². The Morgan fingerprint density at radius 1 is 1.19 bits per heavy atom. The predicted octanol–water partition coefficient (Wildman–Crippen LogP) is 0.0585. The summed E-state index contributed by atoms with van der Waals surface area (Å²) in [6, 6.07) is -1.79. The van der Waals surface area contributed by atoms with Crippen molar-refractivity contribution in [3.63, 3.8) is 0 Å². The molecule has 0 spiro atoms. The minimum Gasteiger partial charge on any atom is -0.465 e. The van der Waals surface area contributed by atoms with Crippen LogP contribution in [-0.4, -0.2) is 63.2 Å². The van der Waals surface area contributed by atoms with Gasteiger partial charge in [0.15, 0.2) is 0 Å². The van der Waals surface area contributed by atoms with Crippen LogP contribution in [0.2, 0.25) is 0 Å². The second kappa shape index (κ2) is 3.66. The van der Waals surface area contributed by atoms with Crippen molar-refractivity contribution in [2.24, 2.45) is 0 Å². The fourth-order valence-corrected chi connectivity index (χ4v) is 2.64. The maximum absolute atomic E-state index is 11.0. The number of carbonyl (C=O) groups is 3. The van der Waals surface area contributed by atoms with E-state index in [-0.39, 0.29) is 6.54 Å². The molecule has 88 valence electrons. The van der Waals surface area contributed by atoms with Crippen molar-refractivity contribution in [2.45, 2.75) is 31.0 Å². The Labute approximate surface area is 91.2 Å². The number of rotatable bonds is 1. The Bertz CT molecular complexity index is 345. The molecule has 2 N–H and O–H groups in total. The summed E-state index contributed by atoms with van der Waals surface area (Å²) in [6.07, 6.45) is -0.557. The number of carbonyl (C=O) groups excluding carboxylic acids is 1. The first-order valence-electron chi connectivity index (χ1n) is 5.02. The van der Waals surface area contributed by atoms with Gasteiger partial charge in [0.25, 0.3) is 0 Å². The van der Waals surface area contributed by atoms with E-state index in [2.05, 4.69) is 0 Å². The van der Waals surface area contributed by atoms with E-state index >= 15 is 0 Å². The summed E-state index contributed by atoms with van der Waals surface area (Å²) < 4.78 is 0. The van der Waals surface area contributed by atoms with E-state index in [1.54, 1.807) is 0 Å². The zero-order valence-electron chi connectivity index (χ0n) is 8.44. The van der Waals surface area contributed by atoms with Crippen LogP contribution in [-0.2, 0) is 4.79 Å². The third kappa shape index (κ3) is 1.39. The van der Waals surface area contributed by atoms with Crippen LogP contribution < -0.4 is 0 Å². The Morgan fingerprint density at radius 3 is 2.38 bits per heavy atom. The van der Waals surface area contributed by atoms with Gasteiger partial charge in [0.2, 0.25) is 0 Å². The lowest BCUT2D eigenvalue weighted by molar-refractivity contribution is -0.121. The highest BCUT2D eigenvalue weighted by Crippen LogP contribution is 2.32. The number of piperidine rings is 2. The maximum atomic E-state index is 11.0. The number of fused-ring (bicyclic) bond motifs is 3. The van der Waals surface area contributed by atoms with Crippen LogP contribution >= 0.6 is 0 Å². The van der Waals surface area contributed by atoms with Crippen LogP contribution in [0.5, 0.6) is 0 Å². The lowest BCUT2D eigenvalue weighted by Crippen LogP contribution is -2.70. The lowest BCUT2D eigenvalue weighted by Gasteiger charge is -2.52. The summed E-state index contributed by atoms with van der Waals surface area (Å²) in [7, 11) is 0. The minimum atomic E-state index is -1.16. The number of carboxylic acid groups (broad SMARTS) is 2. The van der Waals surface area contributed by atoms with Crippen LogP contribution in [0.25, 0.3) is 0 Å². The molecule has 0 aromatic heterocycles. The fourth-order valence-electron chi connectivity index (χ4n) is 2.64. The van der Waals surface area contributed by atoms with Gasteiger partial charge in [0, 0.05) is 6.54 Å². The molecule has 2 bridgehead atoms. The first-order chi connectivity index (χ1) is 7.56. The van der Waals surface area contributed by atoms with E-state index < -0.39 is 30.3 Å². The van der Waals surface area contributed by atoms with E-state index in [1.165, 1.54) is 4.90 Å². The van der Waals surface area contributed by atoms with Gasteiger partial charge in [-0.3, -0.25) is 4.90 Å². The van der Waals surface area contributed by atoms with Gasteiger partial charge in [-0.05, 0) is 12.8 Å². The number of aldehydes is 1. The average molecular weight is 228 g/mol. The quantitative estimate of drug-likeness (QED) is 0.618. The molecule has 7 heteroatoms. The number of hydrogen-bond donors (Lipinski definition) is 2. The second-order valence-corrected chi connectivity index (χ2v) is 4.05. The lowest BCUT2D eigenvalue weighted by atomic mass is 9.85. The van der Waals surface area contributed by atoms with E-state index in [0.717, 1.165) is 4.90 Å². The third-order valence-electron chi connectivity index (χ3n) is 3.32. The van der Waals surface area contributed by atoms with Crippen molar-refractivity contribution in [1.82, 2.24) is 9.80 Å². The monoisotopic (exact) mass is 228 g/mol. The Balaban J connectivity index is 2.29. The van der Waals surface area contributed by atoms with Gasteiger partial charge in [-0.25, -0.2) is 9.59 Å². The van der Waals surface area contributed by atoms with Crippen molar-refractivity contribution in [1.29, 1.82) is 0 Å². The summed E-state index contributed by atoms with van der Waals surface area (Å²) >= 11 is 0. The van der Waals surface area contributed by atoms with Crippen molar-refractivity contribution in [3.05, 3.63) is 0 Å². The van der Waals surface area contributed by atoms with Crippen LogP contribution in [0.3, 0.4) is 0 Å². The first kappa shape index (κ1) is 10.7. The standard InChI is InChI=1S/C9H12N2O5/c12-4-7-6-2-1-5(11(7)9(15)16)3-10(6)8(13)14/h4-7H,1-3H2,(H,13,14)(H,15,16). The normalized spacial score (nSPS) is 32.6. The molecule has 3 heterocycles. The van der Waals surface area contributed by atoms with Gasteiger partial charge in [-0.1, -0.05) is 0 Å². The highest BCUT2D eigenvalue weighted by Gasteiger charge is 2.49. The predicted molar refractivity (Wildman–Crippen MR) is 51.3 cm³/mol. The van der Waals surface area contributed by atoms with Crippen LogP contribution in [0.1, 0.15) is 12.8 Å².